The molecule has 88 heavy (non-hydrogen) atoms. The number of esters is 4. The maximum absolute atomic E-state index is 13.0. The molecule has 0 fully saturated rings. The molecule has 0 bridgehead atoms. The van der Waals surface area contributed by atoms with Gasteiger partial charge in [0, 0.05) is 25.7 Å². The number of rotatable bonds is 66. The highest BCUT2D eigenvalue weighted by atomic mass is 31.2. The first-order chi connectivity index (χ1) is 42.1. The monoisotopic (exact) mass is 1300 g/mol. The van der Waals surface area contributed by atoms with Gasteiger partial charge in [0.25, 0.3) is 0 Å². The lowest BCUT2D eigenvalue weighted by Crippen LogP contribution is -2.30. The predicted molar refractivity (Wildman–Crippen MR) is 354 cm³/mol. The van der Waals surface area contributed by atoms with Crippen LogP contribution in [-0.2, 0) is 65.4 Å². The smallest absolute Gasteiger partial charge is 0.462 e. The highest BCUT2D eigenvalue weighted by molar-refractivity contribution is 7.47. The molecule has 0 saturated carbocycles. The minimum Gasteiger partial charge on any atom is -0.462 e. The number of aliphatic hydroxyl groups is 1. The first-order valence-electron chi connectivity index (χ1n) is 35.7. The van der Waals surface area contributed by atoms with E-state index in [1.54, 1.807) is 0 Å². The van der Waals surface area contributed by atoms with Gasteiger partial charge in [-0.1, -0.05) is 287 Å². The van der Waals surface area contributed by atoms with Gasteiger partial charge in [-0.3, -0.25) is 37.3 Å². The standard InChI is InChI=1S/C69H134O17P2/c1-9-62(8)48-40-32-27-28-34-42-50-67(72)80-56-65(85-68(73)51-43-35-25-19-15-11-13-17-22-30-38-46-60(4)5)58-84-88(77,78)82-54-63(70)53-81-87(75,76)83-57-64(86-69(74)52-44-36-26-20-23-31-39-47-61(6)7)55-79-66(71)49-41-33-24-18-14-10-12-16-21-29-37-45-59(2)3/h59-65,70H,9-58H2,1-8H3,(H,75,76)(H,77,78)/t62?,63-,64-,65-/m1/s1. The predicted octanol–water partition coefficient (Wildman–Crippen LogP) is 19.3. The molecule has 3 N–H and O–H groups in total. The first kappa shape index (κ1) is 86.1. The Bertz CT molecular complexity index is 1750. The fourth-order valence-electron chi connectivity index (χ4n) is 10.3. The summed E-state index contributed by atoms with van der Waals surface area (Å²) in [5.41, 5.74) is 0. The number of unbranched alkanes of at least 4 members (excludes halogenated alkanes) is 31. The van der Waals surface area contributed by atoms with Crippen LogP contribution < -0.4 is 0 Å². The third kappa shape index (κ3) is 61.6. The molecular weight excluding hydrogens is 1160 g/mol. The van der Waals surface area contributed by atoms with Crippen LogP contribution in [0, 0.1) is 23.7 Å². The van der Waals surface area contributed by atoms with E-state index in [0.717, 1.165) is 114 Å². The van der Waals surface area contributed by atoms with Crippen LogP contribution in [0.2, 0.25) is 0 Å². The second-order valence-electron chi connectivity index (χ2n) is 26.6. The maximum Gasteiger partial charge on any atom is 0.472 e. The zero-order chi connectivity index (χ0) is 65.4. The summed E-state index contributed by atoms with van der Waals surface area (Å²) in [5.74, 6) is 0.830. The van der Waals surface area contributed by atoms with Crippen LogP contribution in [-0.4, -0.2) is 96.7 Å². The van der Waals surface area contributed by atoms with Gasteiger partial charge in [-0.25, -0.2) is 9.13 Å². The van der Waals surface area contributed by atoms with E-state index in [9.17, 15) is 43.2 Å². The van der Waals surface area contributed by atoms with Crippen molar-refractivity contribution in [2.75, 3.05) is 39.6 Å². The topological polar surface area (TPSA) is 237 Å². The molecule has 0 rings (SSSR count). The number of carbonyl (C=O) groups excluding carboxylic acids is 4. The maximum atomic E-state index is 13.0. The van der Waals surface area contributed by atoms with Crippen molar-refractivity contribution in [2.45, 2.75) is 356 Å². The summed E-state index contributed by atoms with van der Waals surface area (Å²) in [6.45, 7) is 14.0. The number of hydrogen-bond donors (Lipinski definition) is 3. The van der Waals surface area contributed by atoms with Crippen LogP contribution in [0.4, 0.5) is 0 Å². The molecule has 6 atom stereocenters. The average Bonchev–Trinajstić information content (AvgIpc) is 3.60. The van der Waals surface area contributed by atoms with E-state index in [1.807, 2.05) is 0 Å². The summed E-state index contributed by atoms with van der Waals surface area (Å²) in [6.07, 6.45) is 40.4. The summed E-state index contributed by atoms with van der Waals surface area (Å²) in [6, 6.07) is 0. The number of phosphoric acid groups is 2. The lowest BCUT2D eigenvalue weighted by atomic mass is 10.00. The van der Waals surface area contributed by atoms with E-state index in [0.29, 0.717) is 31.6 Å². The van der Waals surface area contributed by atoms with E-state index in [-0.39, 0.29) is 25.7 Å². The number of aliphatic hydroxyl groups excluding tert-OH is 1. The van der Waals surface area contributed by atoms with Crippen LogP contribution in [0.1, 0.15) is 338 Å². The summed E-state index contributed by atoms with van der Waals surface area (Å²) in [4.78, 5) is 72.5. The van der Waals surface area contributed by atoms with Gasteiger partial charge in [0.05, 0.1) is 26.4 Å². The Hall–Kier alpha value is -1.94. The molecule has 0 aromatic carbocycles. The molecule has 0 aliphatic carbocycles. The molecular formula is C69H134O17P2. The van der Waals surface area contributed by atoms with E-state index < -0.39 is 97.5 Å². The quantitative estimate of drug-likeness (QED) is 0.0222. The van der Waals surface area contributed by atoms with Crippen LogP contribution in [0.25, 0.3) is 0 Å². The van der Waals surface area contributed by atoms with Gasteiger partial charge in [-0.05, 0) is 49.4 Å². The van der Waals surface area contributed by atoms with Crippen molar-refractivity contribution in [3.63, 3.8) is 0 Å². The van der Waals surface area contributed by atoms with Crippen LogP contribution in [0.15, 0.2) is 0 Å². The van der Waals surface area contributed by atoms with Gasteiger partial charge >= 0.3 is 39.5 Å². The molecule has 17 nitrogen and oxygen atoms in total. The molecule has 0 aromatic heterocycles. The molecule has 0 saturated heterocycles. The van der Waals surface area contributed by atoms with Crippen molar-refractivity contribution in [3.05, 3.63) is 0 Å². The Labute approximate surface area is 537 Å². The highest BCUT2D eigenvalue weighted by Crippen LogP contribution is 2.45. The lowest BCUT2D eigenvalue weighted by Gasteiger charge is -2.21. The van der Waals surface area contributed by atoms with E-state index >= 15 is 0 Å². The van der Waals surface area contributed by atoms with Crippen LogP contribution in [0.5, 0.6) is 0 Å². The molecule has 0 heterocycles. The third-order valence-corrected chi connectivity index (χ3v) is 18.1. The fourth-order valence-corrected chi connectivity index (χ4v) is 11.9. The second kappa shape index (κ2) is 58.8. The summed E-state index contributed by atoms with van der Waals surface area (Å²) < 4.78 is 68.2. The summed E-state index contributed by atoms with van der Waals surface area (Å²) >= 11 is 0. The average molecular weight is 1300 g/mol. The van der Waals surface area contributed by atoms with E-state index in [1.165, 1.54) is 135 Å². The van der Waals surface area contributed by atoms with E-state index in [2.05, 4.69) is 55.4 Å². The third-order valence-electron chi connectivity index (χ3n) is 16.2. The molecule has 3 unspecified atom stereocenters. The minimum atomic E-state index is -4.95. The molecule has 0 amide bonds. The summed E-state index contributed by atoms with van der Waals surface area (Å²) in [5, 5.41) is 10.6. The van der Waals surface area contributed by atoms with Crippen LogP contribution in [0.3, 0.4) is 0 Å². The van der Waals surface area contributed by atoms with Gasteiger partial charge in [0.2, 0.25) is 0 Å². The molecule has 0 aliphatic rings. The van der Waals surface area contributed by atoms with Crippen molar-refractivity contribution in [3.8, 4) is 0 Å². The first-order valence-corrected chi connectivity index (χ1v) is 38.7. The molecule has 0 aromatic rings. The number of phosphoric ester groups is 2. The minimum absolute atomic E-state index is 0.103. The fraction of sp³-hybridized carbons (Fsp3) is 0.942. The molecule has 522 valence electrons. The molecule has 0 spiro atoms. The Balaban J connectivity index is 5.24. The van der Waals surface area contributed by atoms with Crippen molar-refractivity contribution < 1.29 is 80.2 Å². The van der Waals surface area contributed by atoms with E-state index in [4.69, 9.17) is 37.0 Å². The molecule has 0 radical (unpaired) electrons. The van der Waals surface area contributed by atoms with Gasteiger partial charge in [-0.2, -0.15) is 0 Å². The zero-order valence-corrected chi connectivity index (χ0v) is 59.1. The Morgan fingerprint density at radius 1 is 0.318 bits per heavy atom. The van der Waals surface area contributed by atoms with Crippen molar-refractivity contribution in [2.24, 2.45) is 23.7 Å². The number of hydrogen-bond acceptors (Lipinski definition) is 15. The SMILES string of the molecule is CCC(C)CCCCCCCCC(=O)OC[C@H](COP(=O)(O)OC[C@H](O)COP(=O)(O)OC[C@@H](COC(=O)CCCCCCCCCCCCCC(C)C)OC(=O)CCCCCCCCCC(C)C)OC(=O)CCCCCCCCCCCCCC(C)C. The number of carbonyl (C=O) groups is 4. The molecule has 0 aliphatic heterocycles. The van der Waals surface area contributed by atoms with Gasteiger partial charge < -0.3 is 33.8 Å². The Kier molecular flexibility index (Phi) is 57.6. The molecule has 19 heteroatoms. The van der Waals surface area contributed by atoms with Gasteiger partial charge in [0.15, 0.2) is 12.2 Å². The van der Waals surface area contributed by atoms with Gasteiger partial charge in [-0.15, -0.1) is 0 Å². The highest BCUT2D eigenvalue weighted by Gasteiger charge is 2.30. The largest absolute Gasteiger partial charge is 0.472 e. The Morgan fingerprint density at radius 2 is 0.545 bits per heavy atom. The Morgan fingerprint density at radius 3 is 0.807 bits per heavy atom. The van der Waals surface area contributed by atoms with Crippen LogP contribution >= 0.6 is 15.6 Å². The van der Waals surface area contributed by atoms with Crippen molar-refractivity contribution in [1.82, 2.24) is 0 Å². The summed E-state index contributed by atoms with van der Waals surface area (Å²) in [7, 11) is -9.90. The lowest BCUT2D eigenvalue weighted by molar-refractivity contribution is -0.161. The number of ether oxygens (including phenoxy) is 4. The van der Waals surface area contributed by atoms with Gasteiger partial charge in [0.1, 0.15) is 19.3 Å². The zero-order valence-electron chi connectivity index (χ0n) is 57.3. The normalized spacial score (nSPS) is 14.6. The van der Waals surface area contributed by atoms with Crippen molar-refractivity contribution >= 4 is 39.5 Å². The van der Waals surface area contributed by atoms with Crippen molar-refractivity contribution in [1.29, 1.82) is 0 Å². The second-order valence-corrected chi connectivity index (χ2v) is 29.5.